The van der Waals surface area contributed by atoms with Crippen LogP contribution in [0.25, 0.3) is 0 Å². The van der Waals surface area contributed by atoms with Crippen molar-refractivity contribution in [2.75, 3.05) is 44.9 Å². The smallest absolute Gasteiger partial charge is 0.222 e. The summed E-state index contributed by atoms with van der Waals surface area (Å²) in [5.74, 6) is 2.84. The molecular formula is C23H30N4O3. The van der Waals surface area contributed by atoms with Gasteiger partial charge < -0.3 is 19.3 Å². The van der Waals surface area contributed by atoms with Gasteiger partial charge in [-0.2, -0.15) is 0 Å². The third-order valence-corrected chi connectivity index (χ3v) is 5.71. The van der Waals surface area contributed by atoms with Crippen molar-refractivity contribution in [2.24, 2.45) is 0 Å². The maximum Gasteiger partial charge on any atom is 0.222 e. The summed E-state index contributed by atoms with van der Waals surface area (Å²) < 4.78 is 10.9. The van der Waals surface area contributed by atoms with Crippen molar-refractivity contribution in [3.63, 3.8) is 0 Å². The minimum Gasteiger partial charge on any atom is -0.497 e. The summed E-state index contributed by atoms with van der Waals surface area (Å²) in [6.07, 6.45) is 2.89. The second kappa shape index (κ2) is 9.43. The number of methoxy groups -OCH3 is 1. The predicted molar refractivity (Wildman–Crippen MR) is 115 cm³/mol. The lowest BCUT2D eigenvalue weighted by atomic mass is 10.0. The Hall–Kier alpha value is -2.67. The highest BCUT2D eigenvalue weighted by Gasteiger charge is 2.28. The highest BCUT2D eigenvalue weighted by molar-refractivity contribution is 5.76. The molecule has 7 heteroatoms. The largest absolute Gasteiger partial charge is 0.497 e. The summed E-state index contributed by atoms with van der Waals surface area (Å²) in [5, 5.41) is 0. The zero-order valence-electron chi connectivity index (χ0n) is 17.9. The van der Waals surface area contributed by atoms with E-state index in [4.69, 9.17) is 19.4 Å². The second-order valence-corrected chi connectivity index (χ2v) is 7.83. The van der Waals surface area contributed by atoms with Crippen molar-refractivity contribution in [1.82, 2.24) is 14.9 Å². The molecule has 0 aliphatic carbocycles. The van der Waals surface area contributed by atoms with Crippen LogP contribution in [-0.4, -0.2) is 60.7 Å². The molecule has 3 heterocycles. The maximum absolute atomic E-state index is 12.5. The average molecular weight is 411 g/mol. The van der Waals surface area contributed by atoms with Gasteiger partial charge >= 0.3 is 0 Å². The van der Waals surface area contributed by atoms with Crippen molar-refractivity contribution < 1.29 is 14.3 Å². The van der Waals surface area contributed by atoms with E-state index in [0.29, 0.717) is 32.6 Å². The van der Waals surface area contributed by atoms with E-state index in [9.17, 15) is 4.79 Å². The van der Waals surface area contributed by atoms with Crippen LogP contribution in [0.5, 0.6) is 5.75 Å². The molecule has 1 saturated heterocycles. The maximum atomic E-state index is 12.5. The molecule has 1 aromatic carbocycles. The number of rotatable bonds is 6. The Bertz CT molecular complexity index is 896. The van der Waals surface area contributed by atoms with Crippen molar-refractivity contribution in [3.05, 3.63) is 46.9 Å². The first-order valence-electron chi connectivity index (χ1n) is 10.8. The molecule has 4 rings (SSSR count). The van der Waals surface area contributed by atoms with Crippen molar-refractivity contribution in [3.8, 4) is 5.75 Å². The highest BCUT2D eigenvalue weighted by Crippen LogP contribution is 2.28. The zero-order chi connectivity index (χ0) is 20.9. The van der Waals surface area contributed by atoms with Gasteiger partial charge in [-0.3, -0.25) is 4.79 Å². The van der Waals surface area contributed by atoms with Gasteiger partial charge in [0, 0.05) is 44.5 Å². The molecule has 160 valence electrons. The number of carbonyl (C=O) groups excluding carboxylic acids is 1. The summed E-state index contributed by atoms with van der Waals surface area (Å²) >= 11 is 0. The number of benzene rings is 1. The monoisotopic (exact) mass is 410 g/mol. The quantitative estimate of drug-likeness (QED) is 0.729. The predicted octanol–water partition coefficient (Wildman–Crippen LogP) is 2.60. The molecule has 2 aliphatic heterocycles. The molecule has 0 spiro atoms. The summed E-state index contributed by atoms with van der Waals surface area (Å²) in [6, 6.07) is 8.04. The fraction of sp³-hybridized carbons (Fsp3) is 0.522. The van der Waals surface area contributed by atoms with Crippen LogP contribution < -0.4 is 9.64 Å². The molecule has 1 aromatic heterocycles. The molecule has 1 fully saturated rings. The number of aromatic nitrogens is 2. The van der Waals surface area contributed by atoms with Gasteiger partial charge in [-0.05, 0) is 24.1 Å². The normalized spacial score (nSPS) is 16.3. The van der Waals surface area contributed by atoms with E-state index < -0.39 is 0 Å². The number of fused-ring (bicyclic) bond motifs is 1. The van der Waals surface area contributed by atoms with Crippen LogP contribution in [0, 0.1) is 0 Å². The molecule has 0 N–H and O–H groups in total. The third-order valence-electron chi connectivity index (χ3n) is 5.71. The molecule has 2 aromatic rings. The molecule has 0 atom stereocenters. The van der Waals surface area contributed by atoms with Gasteiger partial charge in [0.15, 0.2) is 0 Å². The number of morpholine rings is 1. The van der Waals surface area contributed by atoms with E-state index in [2.05, 4.69) is 11.0 Å². The van der Waals surface area contributed by atoms with E-state index in [1.165, 1.54) is 0 Å². The second-order valence-electron chi connectivity index (χ2n) is 7.83. The summed E-state index contributed by atoms with van der Waals surface area (Å²) in [5.41, 5.74) is 3.30. The zero-order valence-corrected chi connectivity index (χ0v) is 17.9. The summed E-state index contributed by atoms with van der Waals surface area (Å²) in [7, 11) is 1.68. The van der Waals surface area contributed by atoms with Gasteiger partial charge in [-0.15, -0.1) is 0 Å². The molecule has 30 heavy (non-hydrogen) atoms. The fourth-order valence-corrected chi connectivity index (χ4v) is 4.11. The van der Waals surface area contributed by atoms with Gasteiger partial charge in [0.2, 0.25) is 5.91 Å². The van der Waals surface area contributed by atoms with Crippen LogP contribution in [0.3, 0.4) is 0 Å². The minimum atomic E-state index is 0.219. The lowest BCUT2D eigenvalue weighted by molar-refractivity contribution is -0.132. The Morgan fingerprint density at radius 3 is 2.80 bits per heavy atom. The first kappa shape index (κ1) is 20.6. The van der Waals surface area contributed by atoms with Crippen LogP contribution in [0.4, 0.5) is 5.82 Å². The van der Waals surface area contributed by atoms with Gasteiger partial charge in [0.25, 0.3) is 0 Å². The first-order chi connectivity index (χ1) is 14.7. The van der Waals surface area contributed by atoms with E-state index in [-0.39, 0.29) is 5.91 Å². The molecule has 7 nitrogen and oxygen atoms in total. The lowest BCUT2D eigenvalue weighted by Gasteiger charge is -2.34. The Labute approximate surface area is 178 Å². The van der Waals surface area contributed by atoms with Crippen LogP contribution in [0.1, 0.15) is 42.4 Å². The molecule has 1 amide bonds. The third kappa shape index (κ3) is 4.56. The Kier molecular flexibility index (Phi) is 6.47. The van der Waals surface area contributed by atoms with Gasteiger partial charge in [0.1, 0.15) is 17.4 Å². The topological polar surface area (TPSA) is 67.8 Å². The van der Waals surface area contributed by atoms with Gasteiger partial charge in [-0.1, -0.05) is 19.1 Å². The number of hydrogen-bond acceptors (Lipinski definition) is 6. The first-order valence-corrected chi connectivity index (χ1v) is 10.8. The number of nitrogens with zero attached hydrogens (tertiary/aromatic N) is 4. The lowest BCUT2D eigenvalue weighted by Crippen LogP contribution is -2.41. The van der Waals surface area contributed by atoms with E-state index in [0.717, 1.165) is 66.7 Å². The molecule has 0 radical (unpaired) electrons. The highest BCUT2D eigenvalue weighted by atomic mass is 16.5. The van der Waals surface area contributed by atoms with Crippen LogP contribution in [0.2, 0.25) is 0 Å². The summed E-state index contributed by atoms with van der Waals surface area (Å²) in [4.78, 5) is 26.6. The number of anilines is 1. The van der Waals surface area contributed by atoms with Crippen molar-refractivity contribution in [1.29, 1.82) is 0 Å². The SMILES string of the molecule is CCCC(=O)N1CCc2nc(Cc3cccc(OC)c3)nc(N3CCOCC3)c2C1. The fourth-order valence-electron chi connectivity index (χ4n) is 4.11. The molecular weight excluding hydrogens is 380 g/mol. The molecule has 0 bridgehead atoms. The summed E-state index contributed by atoms with van der Waals surface area (Å²) in [6.45, 7) is 6.38. The van der Waals surface area contributed by atoms with Crippen LogP contribution in [-0.2, 0) is 28.9 Å². The average Bonchev–Trinajstić information content (AvgIpc) is 2.79. The van der Waals surface area contributed by atoms with Crippen LogP contribution >= 0.6 is 0 Å². The Balaban J connectivity index is 1.66. The molecule has 0 unspecified atom stereocenters. The number of hydrogen-bond donors (Lipinski definition) is 0. The standard InChI is InChI=1S/C23H30N4O3/c1-3-5-22(28)27-9-8-20-19(16-27)23(26-10-12-30-13-11-26)25-21(24-20)15-17-6-4-7-18(14-17)29-2/h4,6-7,14H,3,5,8-13,15-16H2,1-2H3. The van der Waals surface area contributed by atoms with Crippen LogP contribution in [0.15, 0.2) is 24.3 Å². The number of amides is 1. The molecule has 0 saturated carbocycles. The van der Waals surface area contributed by atoms with E-state index >= 15 is 0 Å². The van der Waals surface area contributed by atoms with Crippen molar-refractivity contribution in [2.45, 2.75) is 39.2 Å². The Morgan fingerprint density at radius 1 is 1.20 bits per heavy atom. The number of carbonyl (C=O) groups is 1. The van der Waals surface area contributed by atoms with E-state index in [1.807, 2.05) is 30.0 Å². The number of ether oxygens (including phenoxy) is 2. The Morgan fingerprint density at radius 2 is 2.03 bits per heavy atom. The molecule has 2 aliphatic rings. The van der Waals surface area contributed by atoms with Gasteiger partial charge in [0.05, 0.1) is 32.6 Å². The minimum absolute atomic E-state index is 0.219. The van der Waals surface area contributed by atoms with Crippen molar-refractivity contribution >= 4 is 11.7 Å². The van der Waals surface area contributed by atoms with Gasteiger partial charge in [-0.25, -0.2) is 9.97 Å². The van der Waals surface area contributed by atoms with E-state index in [1.54, 1.807) is 7.11 Å².